The van der Waals surface area contributed by atoms with Gasteiger partial charge in [0.05, 0.1) is 10.6 Å². The van der Waals surface area contributed by atoms with E-state index in [9.17, 15) is 27.5 Å². The van der Waals surface area contributed by atoms with Gasteiger partial charge in [-0.05, 0) is 38.5 Å². The van der Waals surface area contributed by atoms with Crippen LogP contribution in [0.1, 0.15) is 25.8 Å². The first-order chi connectivity index (χ1) is 15.4. The number of carbonyl (C=O) groups is 1. The highest BCUT2D eigenvalue weighted by Gasteiger charge is 2.57. The van der Waals surface area contributed by atoms with E-state index in [-0.39, 0.29) is 42.2 Å². The van der Waals surface area contributed by atoms with E-state index >= 15 is 0 Å². The number of amides is 1. The number of allylic oxidation sites excluding steroid dienone is 3. The van der Waals surface area contributed by atoms with E-state index in [2.05, 4.69) is 6.58 Å². The van der Waals surface area contributed by atoms with Crippen LogP contribution in [0.3, 0.4) is 0 Å². The molecule has 0 radical (unpaired) electrons. The third kappa shape index (κ3) is 5.75. The van der Waals surface area contributed by atoms with Crippen LogP contribution >= 0.6 is 11.6 Å². The molecule has 1 saturated heterocycles. The summed E-state index contributed by atoms with van der Waals surface area (Å²) in [4.78, 5) is 15.1. The molecule has 10 heteroatoms. The zero-order chi connectivity index (χ0) is 25.0. The molecule has 1 N–H and O–H groups in total. The Labute approximate surface area is 194 Å². The van der Waals surface area contributed by atoms with Gasteiger partial charge in [-0.2, -0.15) is 18.4 Å². The molecule has 178 valence electrons. The van der Waals surface area contributed by atoms with E-state index in [1.54, 1.807) is 11.0 Å². The second-order valence-electron chi connectivity index (χ2n) is 7.73. The van der Waals surface area contributed by atoms with E-state index in [0.717, 1.165) is 4.90 Å². The molecule has 1 unspecified atom stereocenters. The number of likely N-dealkylation sites (tertiary alicyclic amines) is 1. The fourth-order valence-electron chi connectivity index (χ4n) is 3.53. The molecular weight excluding hydrogens is 462 g/mol. The largest absolute Gasteiger partial charge is 0.426 e. The molecule has 33 heavy (non-hydrogen) atoms. The molecule has 1 aliphatic rings. The molecule has 1 aromatic rings. The van der Waals surface area contributed by atoms with Gasteiger partial charge in [-0.1, -0.05) is 36.4 Å². The van der Waals surface area contributed by atoms with Crippen molar-refractivity contribution in [3.05, 3.63) is 65.0 Å². The number of carbonyl (C=O) groups excluding carboxylic acids is 1. The van der Waals surface area contributed by atoms with Gasteiger partial charge in [-0.15, -0.1) is 0 Å². The monoisotopic (exact) mass is 485 g/mol. The third-order valence-electron chi connectivity index (χ3n) is 5.48. The molecule has 1 amide bonds. The van der Waals surface area contributed by atoms with Gasteiger partial charge < -0.3 is 14.9 Å². The van der Waals surface area contributed by atoms with E-state index in [1.807, 2.05) is 6.07 Å². The number of hydrogen-bond donors (Lipinski definition) is 1. The molecule has 0 aliphatic carbocycles. The number of rotatable bonds is 7. The third-order valence-corrected chi connectivity index (χ3v) is 5.80. The number of halogens is 5. The standard InChI is InChI=1S/C23H24ClF4N3O2/c1-4-6-16(20(25)5-2)13-31(17-8-7-15(12-29)19(24)11-17)18-9-10-30(14-18)21(32)22(3,33)23(26,27)28/h4-8,11,18,33H,1,9-10,13-14H2,2-3H3/b16-6-,20-5+/t18?,22-/m1/s1. The van der Waals surface area contributed by atoms with Crippen molar-refractivity contribution < 1.29 is 27.5 Å². The summed E-state index contributed by atoms with van der Waals surface area (Å²) < 4.78 is 53.9. The number of anilines is 1. The van der Waals surface area contributed by atoms with Crippen molar-refractivity contribution in [3.8, 4) is 6.07 Å². The van der Waals surface area contributed by atoms with Crippen LogP contribution in [0, 0.1) is 11.3 Å². The molecule has 1 heterocycles. The van der Waals surface area contributed by atoms with E-state index < -0.39 is 29.6 Å². The van der Waals surface area contributed by atoms with Crippen LogP contribution in [0.5, 0.6) is 0 Å². The lowest BCUT2D eigenvalue weighted by molar-refractivity contribution is -0.249. The molecule has 5 nitrogen and oxygen atoms in total. The van der Waals surface area contributed by atoms with Gasteiger partial charge in [0.1, 0.15) is 11.9 Å². The molecule has 0 bridgehead atoms. The van der Waals surface area contributed by atoms with Gasteiger partial charge in [-0.25, -0.2) is 4.39 Å². The summed E-state index contributed by atoms with van der Waals surface area (Å²) in [5.41, 5.74) is -2.53. The predicted octanol–water partition coefficient (Wildman–Crippen LogP) is 4.92. The molecule has 1 aliphatic heterocycles. The molecule has 1 aromatic carbocycles. The Bertz CT molecular complexity index is 1010. The van der Waals surface area contributed by atoms with Gasteiger partial charge >= 0.3 is 6.18 Å². The number of nitrogens with zero attached hydrogens (tertiary/aromatic N) is 3. The predicted molar refractivity (Wildman–Crippen MR) is 118 cm³/mol. The summed E-state index contributed by atoms with van der Waals surface area (Å²) in [6.45, 7) is 5.38. The number of aliphatic hydroxyl groups is 1. The van der Waals surface area contributed by atoms with Gasteiger partial charge in [-0.3, -0.25) is 4.79 Å². The minimum atomic E-state index is -5.13. The SMILES string of the molecule is C=C/C=C(CN(c1ccc(C#N)c(Cl)c1)C1CCN(C(=O)[C@@](C)(O)C(F)(F)F)C1)\C(F)=C/C. The highest BCUT2D eigenvalue weighted by molar-refractivity contribution is 6.32. The van der Waals surface area contributed by atoms with Crippen molar-refractivity contribution in [2.45, 2.75) is 38.1 Å². The lowest BCUT2D eigenvalue weighted by Crippen LogP contribution is -2.56. The second-order valence-corrected chi connectivity index (χ2v) is 8.14. The number of benzene rings is 1. The molecular formula is C23H24ClF4N3O2. The zero-order valence-corrected chi connectivity index (χ0v) is 18.9. The summed E-state index contributed by atoms with van der Waals surface area (Å²) in [6.07, 6.45) is -0.703. The Hall–Kier alpha value is -2.83. The van der Waals surface area contributed by atoms with Crippen molar-refractivity contribution in [2.75, 3.05) is 24.5 Å². The average Bonchev–Trinajstić information content (AvgIpc) is 3.24. The molecule has 0 aromatic heterocycles. The average molecular weight is 486 g/mol. The van der Waals surface area contributed by atoms with Crippen molar-refractivity contribution in [1.29, 1.82) is 5.26 Å². The van der Waals surface area contributed by atoms with E-state index in [0.29, 0.717) is 12.6 Å². The van der Waals surface area contributed by atoms with Crippen LogP contribution in [0.2, 0.25) is 5.02 Å². The van der Waals surface area contributed by atoms with Crippen LogP contribution in [-0.2, 0) is 4.79 Å². The molecule has 0 saturated carbocycles. The van der Waals surface area contributed by atoms with Gasteiger partial charge in [0.15, 0.2) is 0 Å². The normalized spacial score (nSPS) is 19.1. The zero-order valence-electron chi connectivity index (χ0n) is 18.2. The van der Waals surface area contributed by atoms with Gasteiger partial charge in [0.2, 0.25) is 5.60 Å². The summed E-state index contributed by atoms with van der Waals surface area (Å²) in [7, 11) is 0. The second kappa shape index (κ2) is 10.4. The Balaban J connectivity index is 2.42. The smallest absolute Gasteiger partial charge is 0.373 e. The summed E-state index contributed by atoms with van der Waals surface area (Å²) >= 11 is 6.17. The van der Waals surface area contributed by atoms with E-state index in [1.165, 1.54) is 37.3 Å². The minimum absolute atomic E-state index is 0.00673. The summed E-state index contributed by atoms with van der Waals surface area (Å²) in [5, 5.41) is 19.1. The van der Waals surface area contributed by atoms with Crippen LogP contribution in [-0.4, -0.2) is 53.4 Å². The maximum atomic E-state index is 14.5. The van der Waals surface area contributed by atoms with Crippen molar-refractivity contribution in [3.63, 3.8) is 0 Å². The maximum Gasteiger partial charge on any atom is 0.426 e. The topological polar surface area (TPSA) is 67.6 Å². The van der Waals surface area contributed by atoms with Crippen LogP contribution < -0.4 is 4.90 Å². The quantitative estimate of drug-likeness (QED) is 0.440. The van der Waals surface area contributed by atoms with Crippen LogP contribution in [0.4, 0.5) is 23.2 Å². The lowest BCUT2D eigenvalue weighted by atomic mass is 10.1. The Kier molecular flexibility index (Phi) is 8.33. The number of hydrogen-bond acceptors (Lipinski definition) is 4. The molecule has 1 fully saturated rings. The highest BCUT2D eigenvalue weighted by atomic mass is 35.5. The van der Waals surface area contributed by atoms with Crippen molar-refractivity contribution in [2.24, 2.45) is 0 Å². The van der Waals surface area contributed by atoms with Crippen molar-refractivity contribution >= 4 is 23.2 Å². The first kappa shape index (κ1) is 26.4. The van der Waals surface area contributed by atoms with Crippen LogP contribution in [0.15, 0.2) is 54.4 Å². The minimum Gasteiger partial charge on any atom is -0.373 e. The Morgan fingerprint density at radius 2 is 2.12 bits per heavy atom. The number of nitriles is 1. The van der Waals surface area contributed by atoms with Gasteiger partial charge in [0.25, 0.3) is 5.91 Å². The highest BCUT2D eigenvalue weighted by Crippen LogP contribution is 2.34. The lowest BCUT2D eigenvalue weighted by Gasteiger charge is -2.33. The first-order valence-electron chi connectivity index (χ1n) is 10.1. The maximum absolute atomic E-state index is 14.5. The van der Waals surface area contributed by atoms with Crippen molar-refractivity contribution in [1.82, 2.24) is 4.90 Å². The van der Waals surface area contributed by atoms with Crippen LogP contribution in [0.25, 0.3) is 0 Å². The fourth-order valence-corrected chi connectivity index (χ4v) is 3.75. The fraction of sp³-hybridized carbons (Fsp3) is 0.391. The number of alkyl halides is 3. The first-order valence-corrected chi connectivity index (χ1v) is 10.4. The molecule has 2 atom stereocenters. The molecule has 2 rings (SSSR count). The van der Waals surface area contributed by atoms with Gasteiger partial charge in [0, 0.05) is 36.9 Å². The Morgan fingerprint density at radius 3 is 2.64 bits per heavy atom. The van der Waals surface area contributed by atoms with E-state index in [4.69, 9.17) is 16.9 Å². The molecule has 0 spiro atoms. The Morgan fingerprint density at radius 1 is 1.45 bits per heavy atom. The summed E-state index contributed by atoms with van der Waals surface area (Å²) in [5.74, 6) is -1.96. The summed E-state index contributed by atoms with van der Waals surface area (Å²) in [6, 6.07) is 6.03.